The molecule has 0 aromatic heterocycles. The summed E-state index contributed by atoms with van der Waals surface area (Å²) >= 11 is 0. The summed E-state index contributed by atoms with van der Waals surface area (Å²) < 4.78 is 0. The van der Waals surface area contributed by atoms with Crippen molar-refractivity contribution in [3.05, 3.63) is 101 Å². The first-order valence-corrected chi connectivity index (χ1v) is 9.03. The quantitative estimate of drug-likeness (QED) is 0.570. The average Bonchev–Trinajstić information content (AvgIpc) is 3.03. The van der Waals surface area contributed by atoms with E-state index in [-0.39, 0.29) is 22.6 Å². The fourth-order valence-corrected chi connectivity index (χ4v) is 4.02. The van der Waals surface area contributed by atoms with Crippen LogP contribution in [0.3, 0.4) is 0 Å². The highest BCUT2D eigenvalue weighted by Crippen LogP contribution is 2.46. The van der Waals surface area contributed by atoms with Crippen molar-refractivity contribution in [2.24, 2.45) is 0 Å². The van der Waals surface area contributed by atoms with Gasteiger partial charge in [0.15, 0.2) is 11.6 Å². The SMILES string of the molecule is CN1/C(=C/C=C/C=C2C(=O)c3ccccc3C2=O)C(C)(C)c2ccccc21. The molecule has 0 unspecified atom stereocenters. The van der Waals surface area contributed by atoms with Gasteiger partial charge in [-0.3, -0.25) is 9.59 Å². The molecule has 1 heterocycles. The average molecular weight is 355 g/mol. The lowest BCUT2D eigenvalue weighted by molar-refractivity contribution is 0.0989. The second kappa shape index (κ2) is 6.20. The summed E-state index contributed by atoms with van der Waals surface area (Å²) in [5.41, 5.74) is 4.79. The molecule has 0 radical (unpaired) electrons. The fourth-order valence-electron chi connectivity index (χ4n) is 4.02. The highest BCUT2D eigenvalue weighted by Gasteiger charge is 2.37. The molecule has 2 aromatic rings. The van der Waals surface area contributed by atoms with Crippen molar-refractivity contribution in [3.8, 4) is 0 Å². The van der Waals surface area contributed by atoms with Gasteiger partial charge in [-0.05, 0) is 23.8 Å². The van der Waals surface area contributed by atoms with Gasteiger partial charge in [-0.15, -0.1) is 0 Å². The molecule has 0 N–H and O–H groups in total. The maximum Gasteiger partial charge on any atom is 0.197 e. The summed E-state index contributed by atoms with van der Waals surface area (Å²) in [5.74, 6) is -0.391. The van der Waals surface area contributed by atoms with Crippen molar-refractivity contribution in [3.63, 3.8) is 0 Å². The van der Waals surface area contributed by atoms with E-state index >= 15 is 0 Å². The normalized spacial score (nSPS) is 19.1. The number of ketones is 2. The third kappa shape index (κ3) is 2.58. The smallest absolute Gasteiger partial charge is 0.197 e. The van der Waals surface area contributed by atoms with Gasteiger partial charge >= 0.3 is 0 Å². The molecule has 0 bridgehead atoms. The number of Topliss-reactive ketones (excluding diaryl/α,β-unsaturated/α-hetero) is 2. The van der Waals surface area contributed by atoms with Crippen LogP contribution in [0.1, 0.15) is 40.1 Å². The number of rotatable bonds is 2. The first-order valence-electron chi connectivity index (χ1n) is 9.03. The summed E-state index contributed by atoms with van der Waals surface area (Å²) in [6.07, 6.45) is 7.35. The maximum atomic E-state index is 12.4. The Hall–Kier alpha value is -3.20. The Morgan fingerprint density at radius 2 is 1.37 bits per heavy atom. The minimum Gasteiger partial charge on any atom is -0.347 e. The van der Waals surface area contributed by atoms with Crippen LogP contribution in [0.2, 0.25) is 0 Å². The number of para-hydroxylation sites is 1. The van der Waals surface area contributed by atoms with Gasteiger partial charge in [0, 0.05) is 35.0 Å². The highest BCUT2D eigenvalue weighted by atomic mass is 16.2. The number of allylic oxidation sites excluding steroid dienone is 6. The van der Waals surface area contributed by atoms with Crippen molar-refractivity contribution >= 4 is 17.3 Å². The molecule has 3 heteroatoms. The van der Waals surface area contributed by atoms with Crippen LogP contribution in [0.25, 0.3) is 0 Å². The van der Waals surface area contributed by atoms with E-state index in [1.807, 2.05) is 18.2 Å². The predicted octanol–water partition coefficient (Wildman–Crippen LogP) is 4.86. The molecule has 0 saturated carbocycles. The van der Waals surface area contributed by atoms with Crippen molar-refractivity contribution in [1.29, 1.82) is 0 Å². The second-order valence-electron chi connectivity index (χ2n) is 7.42. The Labute approximate surface area is 159 Å². The van der Waals surface area contributed by atoms with Gasteiger partial charge in [0.25, 0.3) is 0 Å². The monoisotopic (exact) mass is 355 g/mol. The van der Waals surface area contributed by atoms with Gasteiger partial charge in [0.05, 0.1) is 5.57 Å². The number of likely N-dealkylation sites (N-methyl/N-ethyl adjacent to an activating group) is 1. The van der Waals surface area contributed by atoms with Crippen molar-refractivity contribution in [1.82, 2.24) is 0 Å². The third-order valence-corrected chi connectivity index (χ3v) is 5.47. The molecule has 2 aliphatic rings. The number of nitrogens with zero attached hydrogens (tertiary/aromatic N) is 1. The molecular formula is C24H21NO2. The number of hydrogen-bond acceptors (Lipinski definition) is 3. The van der Waals surface area contributed by atoms with E-state index in [9.17, 15) is 9.59 Å². The van der Waals surface area contributed by atoms with E-state index in [2.05, 4.69) is 44.0 Å². The Morgan fingerprint density at radius 1 is 0.815 bits per heavy atom. The molecule has 0 fully saturated rings. The van der Waals surface area contributed by atoms with Crippen LogP contribution >= 0.6 is 0 Å². The summed E-state index contributed by atoms with van der Waals surface area (Å²) in [6, 6.07) is 15.4. The molecule has 134 valence electrons. The Bertz CT molecular complexity index is 1020. The minimum atomic E-state index is -0.196. The summed E-state index contributed by atoms with van der Waals surface area (Å²) in [4.78, 5) is 27.0. The largest absolute Gasteiger partial charge is 0.347 e. The van der Waals surface area contributed by atoms with Crippen molar-refractivity contribution in [2.45, 2.75) is 19.3 Å². The number of fused-ring (bicyclic) bond motifs is 2. The van der Waals surface area contributed by atoms with E-state index in [0.717, 1.165) is 0 Å². The number of carbonyl (C=O) groups is 2. The van der Waals surface area contributed by atoms with Crippen LogP contribution in [-0.2, 0) is 5.41 Å². The lowest BCUT2D eigenvalue weighted by Crippen LogP contribution is -2.22. The van der Waals surface area contributed by atoms with Crippen LogP contribution in [0.4, 0.5) is 5.69 Å². The molecule has 4 rings (SSSR count). The first-order chi connectivity index (χ1) is 12.9. The molecule has 0 atom stereocenters. The maximum absolute atomic E-state index is 12.4. The third-order valence-electron chi connectivity index (χ3n) is 5.47. The summed E-state index contributed by atoms with van der Waals surface area (Å²) in [7, 11) is 2.06. The topological polar surface area (TPSA) is 37.4 Å². The molecular weight excluding hydrogens is 334 g/mol. The minimum absolute atomic E-state index is 0.0991. The van der Waals surface area contributed by atoms with Crippen molar-refractivity contribution in [2.75, 3.05) is 11.9 Å². The Balaban J connectivity index is 1.61. The van der Waals surface area contributed by atoms with Crippen LogP contribution in [0, 0.1) is 0 Å². The number of carbonyl (C=O) groups excluding carboxylic acids is 2. The lowest BCUT2D eigenvalue weighted by Gasteiger charge is -2.23. The standard InChI is InChI=1S/C24H21NO2/c1-24(2)19-13-7-8-14-20(19)25(3)21(24)15-9-6-12-18-22(26)16-10-4-5-11-17(16)23(18)27/h4-15H,1-3H3/b9-6+,21-15+. The van der Waals surface area contributed by atoms with Gasteiger partial charge < -0.3 is 4.90 Å². The van der Waals surface area contributed by atoms with E-state index in [1.165, 1.54) is 16.9 Å². The van der Waals surface area contributed by atoms with Gasteiger partial charge in [-0.2, -0.15) is 0 Å². The predicted molar refractivity (Wildman–Crippen MR) is 108 cm³/mol. The van der Waals surface area contributed by atoms with Crippen LogP contribution in [-0.4, -0.2) is 18.6 Å². The molecule has 0 amide bonds. The van der Waals surface area contributed by atoms with E-state index in [1.54, 1.807) is 36.4 Å². The molecule has 0 saturated heterocycles. The van der Waals surface area contributed by atoms with Gasteiger partial charge in [0.1, 0.15) is 0 Å². The van der Waals surface area contributed by atoms with E-state index < -0.39 is 0 Å². The number of anilines is 1. The molecule has 1 aliphatic heterocycles. The highest BCUT2D eigenvalue weighted by molar-refractivity contribution is 6.39. The Kier molecular flexibility index (Phi) is 3.96. The zero-order chi connectivity index (χ0) is 19.2. The second-order valence-corrected chi connectivity index (χ2v) is 7.42. The molecule has 3 nitrogen and oxygen atoms in total. The number of hydrogen-bond donors (Lipinski definition) is 0. The van der Waals surface area contributed by atoms with Gasteiger partial charge in [0.2, 0.25) is 0 Å². The van der Waals surface area contributed by atoms with Gasteiger partial charge in [-0.25, -0.2) is 0 Å². The lowest BCUT2D eigenvalue weighted by atomic mass is 9.84. The van der Waals surface area contributed by atoms with Crippen LogP contribution < -0.4 is 4.90 Å². The zero-order valence-electron chi connectivity index (χ0n) is 15.7. The van der Waals surface area contributed by atoms with Gasteiger partial charge in [-0.1, -0.05) is 68.5 Å². The summed E-state index contributed by atoms with van der Waals surface area (Å²) in [6.45, 7) is 4.41. The number of benzene rings is 2. The fraction of sp³-hybridized carbons (Fsp3) is 0.167. The molecule has 27 heavy (non-hydrogen) atoms. The molecule has 1 aliphatic carbocycles. The molecule has 0 spiro atoms. The van der Waals surface area contributed by atoms with Crippen LogP contribution in [0.15, 0.2) is 84.1 Å². The summed E-state index contributed by atoms with van der Waals surface area (Å²) in [5, 5.41) is 0. The van der Waals surface area contributed by atoms with Crippen molar-refractivity contribution < 1.29 is 9.59 Å². The molecule has 2 aromatic carbocycles. The first kappa shape index (κ1) is 17.2. The van der Waals surface area contributed by atoms with Crippen LogP contribution in [0.5, 0.6) is 0 Å². The van der Waals surface area contributed by atoms with E-state index in [4.69, 9.17) is 0 Å². The van der Waals surface area contributed by atoms with E-state index in [0.29, 0.717) is 11.1 Å². The Morgan fingerprint density at radius 3 is 2.00 bits per heavy atom. The zero-order valence-corrected chi connectivity index (χ0v) is 15.7.